The Kier molecular flexibility index (Phi) is 4.31. The zero-order valence-corrected chi connectivity index (χ0v) is 9.56. The highest BCUT2D eigenvalue weighted by Crippen LogP contribution is 2.20. The second-order valence-electron chi connectivity index (χ2n) is 3.78. The van der Waals surface area contributed by atoms with E-state index in [1.54, 1.807) is 0 Å². The molecule has 0 amide bonds. The first-order chi connectivity index (χ1) is 7.52. The smallest absolute Gasteiger partial charge is 0.320 e. The third kappa shape index (κ3) is 3.24. The maximum atomic E-state index is 10.5. The molecule has 0 aliphatic heterocycles. The first kappa shape index (κ1) is 12.5. The Morgan fingerprint density at radius 3 is 2.81 bits per heavy atom. The van der Waals surface area contributed by atoms with E-state index in [4.69, 9.17) is 15.6 Å². The van der Waals surface area contributed by atoms with Crippen molar-refractivity contribution in [1.29, 1.82) is 0 Å². The number of nitrogens with two attached hydrogens (primary N) is 1. The van der Waals surface area contributed by atoms with E-state index in [9.17, 15) is 4.79 Å². The largest absolute Gasteiger partial charge is 0.493 e. The van der Waals surface area contributed by atoms with Gasteiger partial charge < -0.3 is 15.6 Å². The number of hydrogen-bond acceptors (Lipinski definition) is 3. The van der Waals surface area contributed by atoms with Crippen LogP contribution < -0.4 is 10.5 Å². The molecule has 88 valence electrons. The third-order valence-corrected chi connectivity index (χ3v) is 2.56. The van der Waals surface area contributed by atoms with Gasteiger partial charge in [-0.3, -0.25) is 4.79 Å². The van der Waals surface area contributed by atoms with Gasteiger partial charge in [-0.15, -0.1) is 0 Å². The Morgan fingerprint density at radius 1 is 1.50 bits per heavy atom. The molecule has 0 saturated carbocycles. The number of rotatable bonds is 5. The number of carboxylic acids is 1. The average molecular weight is 223 g/mol. The van der Waals surface area contributed by atoms with Crippen molar-refractivity contribution >= 4 is 5.97 Å². The van der Waals surface area contributed by atoms with Gasteiger partial charge in [-0.1, -0.05) is 12.1 Å². The molecule has 0 radical (unpaired) electrons. The summed E-state index contributed by atoms with van der Waals surface area (Å²) >= 11 is 0. The maximum absolute atomic E-state index is 10.5. The molecule has 1 aromatic carbocycles. The van der Waals surface area contributed by atoms with Crippen LogP contribution in [-0.2, 0) is 4.79 Å². The maximum Gasteiger partial charge on any atom is 0.320 e. The summed E-state index contributed by atoms with van der Waals surface area (Å²) in [5, 5.41) is 8.60. The Labute approximate surface area is 95.0 Å². The van der Waals surface area contributed by atoms with E-state index in [-0.39, 0.29) is 0 Å². The van der Waals surface area contributed by atoms with Crippen molar-refractivity contribution in [1.82, 2.24) is 0 Å². The van der Waals surface area contributed by atoms with Crippen molar-refractivity contribution in [3.63, 3.8) is 0 Å². The highest BCUT2D eigenvalue weighted by atomic mass is 16.5. The van der Waals surface area contributed by atoms with Crippen LogP contribution >= 0.6 is 0 Å². The lowest BCUT2D eigenvalue weighted by Crippen LogP contribution is -2.31. The minimum absolute atomic E-state index is 0.308. The van der Waals surface area contributed by atoms with Crippen LogP contribution in [0.3, 0.4) is 0 Å². The minimum atomic E-state index is -0.996. The van der Waals surface area contributed by atoms with Crippen LogP contribution in [0.2, 0.25) is 0 Å². The molecule has 4 heteroatoms. The summed E-state index contributed by atoms with van der Waals surface area (Å²) < 4.78 is 5.50. The van der Waals surface area contributed by atoms with Crippen molar-refractivity contribution < 1.29 is 14.6 Å². The van der Waals surface area contributed by atoms with Crippen LogP contribution in [-0.4, -0.2) is 23.7 Å². The fraction of sp³-hybridized carbons (Fsp3) is 0.417. The molecule has 0 aliphatic rings. The number of aliphatic carboxylic acids is 1. The van der Waals surface area contributed by atoms with E-state index in [1.807, 2.05) is 32.0 Å². The fourth-order valence-electron chi connectivity index (χ4n) is 1.30. The Bertz CT molecular complexity index is 377. The number of benzene rings is 1. The molecule has 0 saturated heterocycles. The van der Waals surface area contributed by atoms with Crippen molar-refractivity contribution in [2.24, 2.45) is 5.73 Å². The monoisotopic (exact) mass is 223 g/mol. The van der Waals surface area contributed by atoms with Crippen LogP contribution in [0, 0.1) is 13.8 Å². The summed E-state index contributed by atoms with van der Waals surface area (Å²) in [6.07, 6.45) is 0.308. The molecule has 0 bridgehead atoms. The standard InChI is InChI=1S/C12H17NO3/c1-8-4-3-5-11(9(8)2)16-7-6-10(13)12(14)15/h3-5,10H,6-7,13H2,1-2H3,(H,14,15)/t10-/m0/s1. The molecule has 4 nitrogen and oxygen atoms in total. The first-order valence-corrected chi connectivity index (χ1v) is 5.19. The van der Waals surface area contributed by atoms with Gasteiger partial charge in [-0.05, 0) is 31.0 Å². The molecule has 0 fully saturated rings. The van der Waals surface area contributed by atoms with Crippen molar-refractivity contribution in [2.75, 3.05) is 6.61 Å². The summed E-state index contributed by atoms with van der Waals surface area (Å²) in [6, 6.07) is 4.93. The second-order valence-corrected chi connectivity index (χ2v) is 3.78. The number of ether oxygens (including phenoxy) is 1. The Balaban J connectivity index is 2.49. The minimum Gasteiger partial charge on any atom is -0.493 e. The fourth-order valence-corrected chi connectivity index (χ4v) is 1.30. The van der Waals surface area contributed by atoms with E-state index < -0.39 is 12.0 Å². The summed E-state index contributed by atoms with van der Waals surface area (Å²) in [7, 11) is 0. The van der Waals surface area contributed by atoms with Crippen molar-refractivity contribution in [3.05, 3.63) is 29.3 Å². The topological polar surface area (TPSA) is 72.5 Å². The van der Waals surface area contributed by atoms with Crippen molar-refractivity contribution in [3.8, 4) is 5.75 Å². The van der Waals surface area contributed by atoms with Gasteiger partial charge in [0.05, 0.1) is 6.61 Å². The molecule has 0 aliphatic carbocycles. The molecule has 3 N–H and O–H groups in total. The Hall–Kier alpha value is -1.55. The molecule has 16 heavy (non-hydrogen) atoms. The predicted molar refractivity (Wildman–Crippen MR) is 61.6 cm³/mol. The summed E-state index contributed by atoms with van der Waals surface area (Å²) in [5.41, 5.74) is 7.60. The van der Waals surface area contributed by atoms with Crippen LogP contribution in [0.1, 0.15) is 17.5 Å². The van der Waals surface area contributed by atoms with Gasteiger partial charge in [0.2, 0.25) is 0 Å². The van der Waals surface area contributed by atoms with Crippen LogP contribution in [0.15, 0.2) is 18.2 Å². The van der Waals surface area contributed by atoms with Gasteiger partial charge in [0, 0.05) is 6.42 Å². The molecule has 0 unspecified atom stereocenters. The molecule has 1 rings (SSSR count). The third-order valence-electron chi connectivity index (χ3n) is 2.56. The van der Waals surface area contributed by atoms with Gasteiger partial charge >= 0.3 is 5.97 Å². The quantitative estimate of drug-likeness (QED) is 0.793. The zero-order chi connectivity index (χ0) is 12.1. The van der Waals surface area contributed by atoms with Crippen molar-refractivity contribution in [2.45, 2.75) is 26.3 Å². The van der Waals surface area contributed by atoms with Crippen LogP contribution in [0.25, 0.3) is 0 Å². The van der Waals surface area contributed by atoms with E-state index >= 15 is 0 Å². The Morgan fingerprint density at radius 2 is 2.19 bits per heavy atom. The van der Waals surface area contributed by atoms with Gasteiger partial charge in [-0.25, -0.2) is 0 Å². The molecule has 0 spiro atoms. The molecule has 1 atom stereocenters. The molecule has 0 aromatic heterocycles. The molecule has 1 aromatic rings. The number of carboxylic acid groups (broad SMARTS) is 1. The summed E-state index contributed by atoms with van der Waals surface area (Å²) in [6.45, 7) is 4.30. The van der Waals surface area contributed by atoms with E-state index in [0.717, 1.165) is 16.9 Å². The van der Waals surface area contributed by atoms with Gasteiger partial charge in [0.1, 0.15) is 11.8 Å². The summed E-state index contributed by atoms with van der Waals surface area (Å²) in [4.78, 5) is 10.5. The SMILES string of the molecule is Cc1cccc(OCC[C@H](N)C(=O)O)c1C. The first-order valence-electron chi connectivity index (χ1n) is 5.19. The van der Waals surface area contributed by atoms with E-state index in [0.29, 0.717) is 13.0 Å². The van der Waals surface area contributed by atoms with Crippen LogP contribution in [0.5, 0.6) is 5.75 Å². The number of carbonyl (C=O) groups is 1. The lowest BCUT2D eigenvalue weighted by atomic mass is 10.1. The van der Waals surface area contributed by atoms with Gasteiger partial charge in [-0.2, -0.15) is 0 Å². The second kappa shape index (κ2) is 5.51. The molecular formula is C12H17NO3. The zero-order valence-electron chi connectivity index (χ0n) is 9.56. The lowest BCUT2D eigenvalue weighted by Gasteiger charge is -2.12. The highest BCUT2D eigenvalue weighted by Gasteiger charge is 2.11. The number of hydrogen-bond donors (Lipinski definition) is 2. The predicted octanol–water partition coefficient (Wildman–Crippen LogP) is 1.48. The number of aryl methyl sites for hydroxylation is 1. The molecule has 0 heterocycles. The average Bonchev–Trinajstić information content (AvgIpc) is 2.24. The van der Waals surface area contributed by atoms with Gasteiger partial charge in [0.25, 0.3) is 0 Å². The molecular weight excluding hydrogens is 206 g/mol. The highest BCUT2D eigenvalue weighted by molar-refractivity contribution is 5.72. The van der Waals surface area contributed by atoms with Crippen LogP contribution in [0.4, 0.5) is 0 Å². The van der Waals surface area contributed by atoms with Gasteiger partial charge in [0.15, 0.2) is 0 Å². The van der Waals surface area contributed by atoms with E-state index in [1.165, 1.54) is 0 Å². The lowest BCUT2D eigenvalue weighted by molar-refractivity contribution is -0.138. The van der Waals surface area contributed by atoms with E-state index in [2.05, 4.69) is 0 Å². The summed E-state index contributed by atoms with van der Waals surface area (Å²) in [5.74, 6) is -0.206. The normalized spacial score (nSPS) is 12.2.